The predicted octanol–water partition coefficient (Wildman–Crippen LogP) is 3.62. The van der Waals surface area contributed by atoms with Crippen molar-refractivity contribution in [1.29, 1.82) is 5.26 Å². The van der Waals surface area contributed by atoms with E-state index in [9.17, 15) is 21.6 Å². The van der Waals surface area contributed by atoms with E-state index in [0.717, 1.165) is 18.2 Å². The second-order valence-electron chi connectivity index (χ2n) is 5.10. The maximum atomic E-state index is 12.7. The molecule has 0 aromatic heterocycles. The van der Waals surface area contributed by atoms with Crippen molar-refractivity contribution in [1.82, 2.24) is 4.72 Å². The van der Waals surface area contributed by atoms with Gasteiger partial charge in [0.1, 0.15) is 0 Å². The van der Waals surface area contributed by atoms with E-state index in [1.54, 1.807) is 19.1 Å². The van der Waals surface area contributed by atoms with Gasteiger partial charge in [0, 0.05) is 6.04 Å². The number of hydrogen-bond acceptors (Lipinski definition) is 3. The van der Waals surface area contributed by atoms with Crippen LogP contribution in [0.25, 0.3) is 0 Å². The van der Waals surface area contributed by atoms with E-state index in [-0.39, 0.29) is 0 Å². The molecule has 8 heteroatoms. The van der Waals surface area contributed by atoms with Gasteiger partial charge in [-0.3, -0.25) is 0 Å². The second kappa shape index (κ2) is 6.63. The maximum Gasteiger partial charge on any atom is 0.416 e. The number of nitrogens with zero attached hydrogens (tertiary/aromatic N) is 1. The van der Waals surface area contributed by atoms with Gasteiger partial charge in [-0.1, -0.05) is 18.2 Å². The van der Waals surface area contributed by atoms with Crippen LogP contribution in [0.4, 0.5) is 13.2 Å². The summed E-state index contributed by atoms with van der Waals surface area (Å²) in [5.74, 6) is 0. The Bertz CT molecular complexity index is 869. The van der Waals surface area contributed by atoms with Gasteiger partial charge < -0.3 is 0 Å². The molecule has 0 saturated heterocycles. The molecule has 1 unspecified atom stereocenters. The van der Waals surface area contributed by atoms with Crippen LogP contribution in [-0.4, -0.2) is 8.42 Å². The van der Waals surface area contributed by atoms with Crippen LogP contribution in [0.5, 0.6) is 0 Å². The highest BCUT2D eigenvalue weighted by Crippen LogP contribution is 2.30. The first-order valence-electron chi connectivity index (χ1n) is 6.83. The minimum absolute atomic E-state index is 0.423. The van der Waals surface area contributed by atoms with Crippen molar-refractivity contribution in [3.8, 4) is 6.07 Å². The Morgan fingerprint density at radius 3 is 2.29 bits per heavy atom. The fourth-order valence-electron chi connectivity index (χ4n) is 2.05. The number of nitriles is 1. The molecule has 0 heterocycles. The third-order valence-electron chi connectivity index (χ3n) is 3.34. The SMILES string of the molecule is CC(NS(=O)(=O)c1cccc(C(F)(F)F)c1)c1ccc(C#N)cc1. The molecule has 2 aromatic carbocycles. The third kappa shape index (κ3) is 4.13. The number of nitrogens with one attached hydrogen (secondary N) is 1. The lowest BCUT2D eigenvalue weighted by molar-refractivity contribution is -0.137. The van der Waals surface area contributed by atoms with Gasteiger partial charge >= 0.3 is 6.18 Å². The summed E-state index contributed by atoms with van der Waals surface area (Å²) in [5.41, 5.74) is -0.0207. The van der Waals surface area contributed by atoms with Crippen molar-refractivity contribution in [2.75, 3.05) is 0 Å². The number of rotatable bonds is 4. The molecule has 2 rings (SSSR count). The van der Waals surface area contributed by atoms with Gasteiger partial charge in [0.2, 0.25) is 10.0 Å². The average molecular weight is 354 g/mol. The van der Waals surface area contributed by atoms with E-state index in [1.165, 1.54) is 12.1 Å². The first-order valence-corrected chi connectivity index (χ1v) is 8.31. The summed E-state index contributed by atoms with van der Waals surface area (Å²) in [6.45, 7) is 1.56. The normalized spacial score (nSPS) is 13.3. The Labute approximate surface area is 137 Å². The lowest BCUT2D eigenvalue weighted by Crippen LogP contribution is -2.27. The van der Waals surface area contributed by atoms with Crippen molar-refractivity contribution in [3.63, 3.8) is 0 Å². The summed E-state index contributed by atoms with van der Waals surface area (Å²) >= 11 is 0. The van der Waals surface area contributed by atoms with Crippen LogP contribution < -0.4 is 4.72 Å². The van der Waals surface area contributed by atoms with Crippen molar-refractivity contribution in [3.05, 3.63) is 65.2 Å². The van der Waals surface area contributed by atoms with E-state index < -0.39 is 32.7 Å². The Hall–Kier alpha value is -2.37. The highest BCUT2D eigenvalue weighted by atomic mass is 32.2. The molecule has 1 atom stereocenters. The maximum absolute atomic E-state index is 12.7. The number of sulfonamides is 1. The number of alkyl halides is 3. The molecule has 126 valence electrons. The van der Waals surface area contributed by atoms with Crippen LogP contribution in [-0.2, 0) is 16.2 Å². The predicted molar refractivity (Wildman–Crippen MR) is 81.3 cm³/mol. The summed E-state index contributed by atoms with van der Waals surface area (Å²) in [6, 6.07) is 11.0. The molecule has 0 radical (unpaired) electrons. The summed E-state index contributed by atoms with van der Waals surface area (Å²) < 4.78 is 65.0. The second-order valence-corrected chi connectivity index (χ2v) is 6.82. The smallest absolute Gasteiger partial charge is 0.207 e. The number of hydrogen-bond donors (Lipinski definition) is 1. The molecule has 0 amide bonds. The third-order valence-corrected chi connectivity index (χ3v) is 4.88. The van der Waals surface area contributed by atoms with Gasteiger partial charge in [0.25, 0.3) is 0 Å². The molecular formula is C16H13F3N2O2S. The van der Waals surface area contributed by atoms with Crippen molar-refractivity contribution in [2.24, 2.45) is 0 Å². The first kappa shape index (κ1) is 18.0. The first-order chi connectivity index (χ1) is 11.1. The summed E-state index contributed by atoms with van der Waals surface area (Å²) in [7, 11) is -4.12. The zero-order valence-electron chi connectivity index (χ0n) is 12.5. The van der Waals surface area contributed by atoms with Crippen LogP contribution in [0.3, 0.4) is 0 Å². The van der Waals surface area contributed by atoms with Gasteiger partial charge in [0.15, 0.2) is 0 Å². The summed E-state index contributed by atoms with van der Waals surface area (Å²) in [4.78, 5) is -0.460. The monoisotopic (exact) mass is 354 g/mol. The minimum atomic E-state index is -4.62. The average Bonchev–Trinajstić information content (AvgIpc) is 2.54. The molecule has 0 aliphatic carbocycles. The Kier molecular flexibility index (Phi) is 4.96. The lowest BCUT2D eigenvalue weighted by Gasteiger charge is -2.15. The quantitative estimate of drug-likeness (QED) is 0.912. The van der Waals surface area contributed by atoms with Crippen molar-refractivity contribution in [2.45, 2.75) is 24.0 Å². The Balaban J connectivity index is 2.26. The minimum Gasteiger partial charge on any atom is -0.207 e. The zero-order chi connectivity index (χ0) is 18.0. The van der Waals surface area contributed by atoms with Crippen LogP contribution in [0.15, 0.2) is 53.4 Å². The van der Waals surface area contributed by atoms with Gasteiger partial charge in [-0.05, 0) is 42.8 Å². The molecule has 4 nitrogen and oxygen atoms in total. The fourth-order valence-corrected chi connectivity index (χ4v) is 3.33. The van der Waals surface area contributed by atoms with E-state index in [2.05, 4.69) is 4.72 Å². The molecule has 0 spiro atoms. The van der Waals surface area contributed by atoms with E-state index >= 15 is 0 Å². The van der Waals surface area contributed by atoms with Gasteiger partial charge in [0.05, 0.1) is 22.1 Å². The molecule has 0 saturated carbocycles. The van der Waals surface area contributed by atoms with Crippen molar-refractivity contribution >= 4 is 10.0 Å². The van der Waals surface area contributed by atoms with Gasteiger partial charge in [-0.25, -0.2) is 13.1 Å². The molecule has 0 aliphatic rings. The van der Waals surface area contributed by atoms with Crippen LogP contribution in [0.2, 0.25) is 0 Å². The van der Waals surface area contributed by atoms with E-state index in [0.29, 0.717) is 17.2 Å². The molecule has 0 fully saturated rings. The van der Waals surface area contributed by atoms with Gasteiger partial charge in [-0.15, -0.1) is 0 Å². The van der Waals surface area contributed by atoms with Gasteiger partial charge in [-0.2, -0.15) is 18.4 Å². The molecule has 1 N–H and O–H groups in total. The van der Waals surface area contributed by atoms with Crippen LogP contribution in [0.1, 0.15) is 29.7 Å². The molecular weight excluding hydrogens is 341 g/mol. The Morgan fingerprint density at radius 1 is 1.12 bits per heavy atom. The van der Waals surface area contributed by atoms with Crippen LogP contribution >= 0.6 is 0 Å². The molecule has 24 heavy (non-hydrogen) atoms. The molecule has 0 aliphatic heterocycles. The Morgan fingerprint density at radius 2 is 1.75 bits per heavy atom. The van der Waals surface area contributed by atoms with E-state index in [4.69, 9.17) is 5.26 Å². The summed E-state index contributed by atoms with van der Waals surface area (Å²) in [5, 5.41) is 8.74. The fraction of sp³-hybridized carbons (Fsp3) is 0.188. The summed E-state index contributed by atoms with van der Waals surface area (Å²) in [6.07, 6.45) is -4.62. The number of halogens is 3. The van der Waals surface area contributed by atoms with E-state index in [1.807, 2.05) is 6.07 Å². The largest absolute Gasteiger partial charge is 0.416 e. The standard InChI is InChI=1S/C16H13F3N2O2S/c1-11(13-7-5-12(10-20)6-8-13)21-24(22,23)15-4-2-3-14(9-15)16(17,18)19/h2-9,11,21H,1H3. The highest BCUT2D eigenvalue weighted by molar-refractivity contribution is 7.89. The zero-order valence-corrected chi connectivity index (χ0v) is 13.3. The highest BCUT2D eigenvalue weighted by Gasteiger charge is 2.31. The molecule has 2 aromatic rings. The van der Waals surface area contributed by atoms with Crippen LogP contribution in [0, 0.1) is 11.3 Å². The number of benzene rings is 2. The van der Waals surface area contributed by atoms with Crippen molar-refractivity contribution < 1.29 is 21.6 Å². The molecule has 0 bridgehead atoms. The topological polar surface area (TPSA) is 70.0 Å². The lowest BCUT2D eigenvalue weighted by atomic mass is 10.1.